The number of aliphatic hydroxyl groups is 1. The third-order valence-electron chi connectivity index (χ3n) is 1.60. The highest BCUT2D eigenvalue weighted by molar-refractivity contribution is 5.20. The summed E-state index contributed by atoms with van der Waals surface area (Å²) >= 11 is 0. The maximum Gasteiger partial charge on any atom is 0.417 e. The highest BCUT2D eigenvalue weighted by Crippen LogP contribution is 2.30. The minimum absolute atomic E-state index is 0.252. The lowest BCUT2D eigenvalue weighted by molar-refractivity contribution is -0.137. The van der Waals surface area contributed by atoms with Crippen LogP contribution in [-0.4, -0.2) is 9.67 Å². The lowest BCUT2D eigenvalue weighted by Gasteiger charge is -2.00. The molecule has 1 aromatic rings. The molecule has 0 bridgehead atoms. The van der Waals surface area contributed by atoms with E-state index in [0.29, 0.717) is 0 Å². The summed E-state index contributed by atoms with van der Waals surface area (Å²) < 4.78 is 37.3. The molecule has 0 aromatic carbocycles. The molecule has 0 fully saturated rings. The second-order valence-corrected chi connectivity index (χ2v) is 2.49. The van der Waals surface area contributed by atoms with Crippen molar-refractivity contribution in [2.45, 2.75) is 12.8 Å². The van der Waals surface area contributed by atoms with Gasteiger partial charge in [-0.25, -0.2) is 0 Å². The Morgan fingerprint density at radius 1 is 1.50 bits per heavy atom. The number of nitrogens with zero attached hydrogens (tertiary/aromatic N) is 1. The van der Waals surface area contributed by atoms with E-state index < -0.39 is 11.7 Å². The predicted molar refractivity (Wildman–Crippen MR) is 36.3 cm³/mol. The average molecular weight is 179 g/mol. The minimum atomic E-state index is -4.33. The molecule has 0 unspecified atom stereocenters. The summed E-state index contributed by atoms with van der Waals surface area (Å²) in [6.45, 7) is -0.382. The van der Waals surface area contributed by atoms with Gasteiger partial charge in [0.2, 0.25) is 0 Å². The molecule has 1 N–H and O–H groups in total. The molecule has 0 spiro atoms. The monoisotopic (exact) mass is 179 g/mol. The van der Waals surface area contributed by atoms with Gasteiger partial charge in [0.25, 0.3) is 0 Å². The van der Waals surface area contributed by atoms with Gasteiger partial charge in [-0.3, -0.25) is 0 Å². The molecule has 0 aliphatic heterocycles. The van der Waals surface area contributed by atoms with E-state index in [1.807, 2.05) is 0 Å². The molecule has 0 saturated heterocycles. The van der Waals surface area contributed by atoms with E-state index in [2.05, 4.69) is 0 Å². The predicted octanol–water partition coefficient (Wildman–Crippen LogP) is 1.54. The summed E-state index contributed by atoms with van der Waals surface area (Å²) in [5, 5.41) is 8.61. The molecular weight excluding hydrogens is 171 g/mol. The van der Waals surface area contributed by atoms with Gasteiger partial charge in [0.05, 0.1) is 12.2 Å². The largest absolute Gasteiger partial charge is 0.417 e. The molecule has 68 valence electrons. The second-order valence-electron chi connectivity index (χ2n) is 2.49. The zero-order valence-corrected chi connectivity index (χ0v) is 6.39. The van der Waals surface area contributed by atoms with Gasteiger partial charge >= 0.3 is 6.18 Å². The number of aliphatic hydroxyl groups excluding tert-OH is 1. The van der Waals surface area contributed by atoms with Crippen LogP contribution in [0.4, 0.5) is 13.2 Å². The number of halogens is 3. The summed E-state index contributed by atoms with van der Waals surface area (Å²) in [5.41, 5.74) is -0.476. The molecule has 1 heterocycles. The number of hydrogen-bond donors (Lipinski definition) is 1. The van der Waals surface area contributed by atoms with Crippen LogP contribution in [0.15, 0.2) is 12.3 Å². The number of rotatable bonds is 1. The Morgan fingerprint density at radius 3 is 2.33 bits per heavy atom. The first-order valence-electron chi connectivity index (χ1n) is 3.28. The molecule has 0 saturated carbocycles. The van der Waals surface area contributed by atoms with Gasteiger partial charge in [-0.15, -0.1) is 0 Å². The summed E-state index contributed by atoms with van der Waals surface area (Å²) in [5.74, 6) is 0. The van der Waals surface area contributed by atoms with Crippen molar-refractivity contribution in [1.29, 1.82) is 0 Å². The average Bonchev–Trinajstić information content (AvgIpc) is 2.29. The van der Waals surface area contributed by atoms with Crippen molar-refractivity contribution in [3.63, 3.8) is 0 Å². The SMILES string of the molecule is Cn1cc(C(F)(F)F)cc1CO. The molecule has 0 aliphatic carbocycles. The third kappa shape index (κ3) is 1.61. The first-order valence-corrected chi connectivity index (χ1v) is 3.28. The fourth-order valence-electron chi connectivity index (χ4n) is 0.922. The maximum atomic E-state index is 12.0. The summed E-state index contributed by atoms with van der Waals surface area (Å²) in [7, 11) is 1.46. The topological polar surface area (TPSA) is 25.2 Å². The molecule has 1 rings (SSSR count). The highest BCUT2D eigenvalue weighted by Gasteiger charge is 2.32. The Balaban J connectivity index is 3.05. The lowest BCUT2D eigenvalue weighted by atomic mass is 10.3. The van der Waals surface area contributed by atoms with Crippen molar-refractivity contribution in [2.75, 3.05) is 0 Å². The van der Waals surface area contributed by atoms with Crippen molar-refractivity contribution in [3.8, 4) is 0 Å². The molecule has 0 aliphatic rings. The van der Waals surface area contributed by atoms with Crippen molar-refractivity contribution >= 4 is 0 Å². The summed E-state index contributed by atoms with van der Waals surface area (Å²) in [6.07, 6.45) is -3.38. The minimum Gasteiger partial charge on any atom is -0.390 e. The van der Waals surface area contributed by atoms with Gasteiger partial charge in [0.15, 0.2) is 0 Å². The molecule has 12 heavy (non-hydrogen) atoms. The standard InChI is InChI=1S/C7H8F3NO/c1-11-3-5(7(8,9)10)2-6(11)4-12/h2-3,12H,4H2,1H3. The number of alkyl halides is 3. The van der Waals surface area contributed by atoms with E-state index in [1.165, 1.54) is 11.6 Å². The maximum absolute atomic E-state index is 12.0. The Labute approximate surface area is 67.2 Å². The smallest absolute Gasteiger partial charge is 0.390 e. The van der Waals surface area contributed by atoms with Crippen LogP contribution in [0.2, 0.25) is 0 Å². The van der Waals surface area contributed by atoms with Crippen LogP contribution in [0.25, 0.3) is 0 Å². The number of aryl methyl sites for hydroxylation is 1. The van der Waals surface area contributed by atoms with Crippen molar-refractivity contribution in [1.82, 2.24) is 4.57 Å². The van der Waals surface area contributed by atoms with Crippen LogP contribution in [0.3, 0.4) is 0 Å². The number of aromatic nitrogens is 1. The fraction of sp³-hybridized carbons (Fsp3) is 0.429. The van der Waals surface area contributed by atoms with Crippen molar-refractivity contribution in [2.24, 2.45) is 7.05 Å². The summed E-state index contributed by atoms with van der Waals surface area (Å²) in [6, 6.07) is 0.931. The molecule has 0 amide bonds. The Bertz CT molecular complexity index is 277. The van der Waals surface area contributed by atoms with E-state index in [-0.39, 0.29) is 12.3 Å². The number of hydrogen-bond acceptors (Lipinski definition) is 1. The van der Waals surface area contributed by atoms with Gasteiger partial charge in [0, 0.05) is 18.9 Å². The van der Waals surface area contributed by atoms with Crippen LogP contribution in [0.5, 0.6) is 0 Å². The van der Waals surface area contributed by atoms with E-state index in [1.54, 1.807) is 0 Å². The normalized spacial score (nSPS) is 12.1. The van der Waals surface area contributed by atoms with Crippen molar-refractivity contribution in [3.05, 3.63) is 23.5 Å². The zero-order valence-electron chi connectivity index (χ0n) is 6.39. The van der Waals surface area contributed by atoms with Crippen LogP contribution >= 0.6 is 0 Å². The second kappa shape index (κ2) is 2.82. The first kappa shape index (κ1) is 9.12. The molecule has 1 aromatic heterocycles. The van der Waals surface area contributed by atoms with Gasteiger partial charge in [0.1, 0.15) is 0 Å². The molecule has 0 atom stereocenters. The quantitative estimate of drug-likeness (QED) is 0.694. The van der Waals surface area contributed by atoms with Gasteiger partial charge in [-0.05, 0) is 6.07 Å². The van der Waals surface area contributed by atoms with Crippen LogP contribution in [0.1, 0.15) is 11.3 Å². The molecule has 5 heteroatoms. The Kier molecular flexibility index (Phi) is 2.14. The van der Waals surface area contributed by atoms with Gasteiger partial charge in [-0.1, -0.05) is 0 Å². The zero-order chi connectivity index (χ0) is 9.35. The molecular formula is C7H8F3NO. The summed E-state index contributed by atoms with van der Waals surface area (Å²) in [4.78, 5) is 0. The van der Waals surface area contributed by atoms with Crippen LogP contribution < -0.4 is 0 Å². The van der Waals surface area contributed by atoms with E-state index >= 15 is 0 Å². The Morgan fingerprint density at radius 2 is 2.08 bits per heavy atom. The van der Waals surface area contributed by atoms with E-state index in [4.69, 9.17) is 5.11 Å². The van der Waals surface area contributed by atoms with Crippen LogP contribution in [-0.2, 0) is 19.8 Å². The highest BCUT2D eigenvalue weighted by atomic mass is 19.4. The lowest BCUT2D eigenvalue weighted by Crippen LogP contribution is -2.02. The van der Waals surface area contributed by atoms with Gasteiger partial charge in [-0.2, -0.15) is 13.2 Å². The van der Waals surface area contributed by atoms with E-state index in [9.17, 15) is 13.2 Å². The molecule has 2 nitrogen and oxygen atoms in total. The van der Waals surface area contributed by atoms with Gasteiger partial charge < -0.3 is 9.67 Å². The van der Waals surface area contributed by atoms with E-state index in [0.717, 1.165) is 12.3 Å². The molecule has 0 radical (unpaired) electrons. The first-order chi connectivity index (χ1) is 5.45. The third-order valence-corrected chi connectivity index (χ3v) is 1.60. The Hall–Kier alpha value is -0.970. The van der Waals surface area contributed by atoms with Crippen molar-refractivity contribution < 1.29 is 18.3 Å². The fourth-order valence-corrected chi connectivity index (χ4v) is 0.922. The van der Waals surface area contributed by atoms with Crippen LogP contribution in [0, 0.1) is 0 Å².